The highest BCUT2D eigenvalue weighted by atomic mass is 16.2. The molecule has 1 heterocycles. The summed E-state index contributed by atoms with van der Waals surface area (Å²) in [6, 6.07) is 8.43. The molecule has 1 aromatic carbocycles. The fourth-order valence-corrected chi connectivity index (χ4v) is 3.01. The van der Waals surface area contributed by atoms with Crippen LogP contribution in [-0.4, -0.2) is 22.9 Å². The van der Waals surface area contributed by atoms with Crippen molar-refractivity contribution in [1.29, 1.82) is 0 Å². The highest BCUT2D eigenvalue weighted by Gasteiger charge is 2.48. The smallest absolute Gasteiger partial charge is 0.281 e. The summed E-state index contributed by atoms with van der Waals surface area (Å²) < 4.78 is 0. The SMILES string of the molecule is CC(C)C1C(=O)N(c2ccccc2)C(=O)N1C1=CCCC=C1. The lowest BCUT2D eigenvalue weighted by atomic mass is 10.0. The van der Waals surface area contributed by atoms with E-state index in [4.69, 9.17) is 0 Å². The van der Waals surface area contributed by atoms with Crippen molar-refractivity contribution in [1.82, 2.24) is 4.90 Å². The quantitative estimate of drug-likeness (QED) is 0.798. The summed E-state index contributed by atoms with van der Waals surface area (Å²) in [6.07, 6.45) is 7.91. The van der Waals surface area contributed by atoms with Gasteiger partial charge in [-0.15, -0.1) is 0 Å². The first kappa shape index (κ1) is 14.6. The Bertz CT molecular complexity index is 646. The Labute approximate surface area is 130 Å². The normalized spacial score (nSPS) is 21.8. The van der Waals surface area contributed by atoms with Crippen LogP contribution in [0.5, 0.6) is 0 Å². The summed E-state index contributed by atoms with van der Waals surface area (Å²) >= 11 is 0. The molecule has 1 fully saturated rings. The molecule has 2 aliphatic rings. The van der Waals surface area contributed by atoms with Gasteiger partial charge in [-0.05, 0) is 37.0 Å². The Morgan fingerprint density at radius 2 is 1.82 bits per heavy atom. The number of amides is 3. The zero-order chi connectivity index (χ0) is 15.7. The molecule has 0 aromatic heterocycles. The number of anilines is 1. The van der Waals surface area contributed by atoms with Crippen LogP contribution in [0.3, 0.4) is 0 Å². The van der Waals surface area contributed by atoms with E-state index < -0.39 is 6.04 Å². The van der Waals surface area contributed by atoms with Crippen molar-refractivity contribution < 1.29 is 9.59 Å². The molecule has 4 nitrogen and oxygen atoms in total. The molecule has 1 aliphatic heterocycles. The number of nitrogens with zero attached hydrogens (tertiary/aromatic N) is 2. The van der Waals surface area contributed by atoms with Crippen molar-refractivity contribution in [2.24, 2.45) is 5.92 Å². The van der Waals surface area contributed by atoms with Crippen molar-refractivity contribution >= 4 is 17.6 Å². The minimum atomic E-state index is -0.443. The predicted molar refractivity (Wildman–Crippen MR) is 86.2 cm³/mol. The second kappa shape index (κ2) is 5.79. The van der Waals surface area contributed by atoms with Crippen molar-refractivity contribution in [2.45, 2.75) is 32.7 Å². The van der Waals surface area contributed by atoms with Gasteiger partial charge >= 0.3 is 6.03 Å². The van der Waals surface area contributed by atoms with Crippen molar-refractivity contribution in [3.05, 3.63) is 54.3 Å². The maximum absolute atomic E-state index is 12.9. The van der Waals surface area contributed by atoms with E-state index in [9.17, 15) is 9.59 Å². The number of hydrogen-bond donors (Lipinski definition) is 0. The maximum Gasteiger partial charge on any atom is 0.336 e. The highest BCUT2D eigenvalue weighted by Crippen LogP contribution is 2.32. The van der Waals surface area contributed by atoms with Crippen LogP contribution in [0.15, 0.2) is 54.3 Å². The van der Waals surface area contributed by atoms with Crippen LogP contribution in [-0.2, 0) is 4.79 Å². The molecule has 1 aliphatic carbocycles. The minimum Gasteiger partial charge on any atom is -0.281 e. The minimum absolute atomic E-state index is 0.0568. The van der Waals surface area contributed by atoms with E-state index >= 15 is 0 Å². The first-order valence-corrected chi connectivity index (χ1v) is 7.70. The first-order chi connectivity index (χ1) is 10.6. The number of carbonyl (C=O) groups excluding carboxylic acids is 2. The molecule has 0 radical (unpaired) electrons. The second-order valence-electron chi connectivity index (χ2n) is 5.96. The van der Waals surface area contributed by atoms with Crippen LogP contribution in [0.2, 0.25) is 0 Å². The van der Waals surface area contributed by atoms with Crippen molar-refractivity contribution in [3.63, 3.8) is 0 Å². The maximum atomic E-state index is 12.9. The van der Waals surface area contributed by atoms with Gasteiger partial charge in [0.05, 0.1) is 5.69 Å². The van der Waals surface area contributed by atoms with Gasteiger partial charge in [-0.3, -0.25) is 9.69 Å². The van der Waals surface area contributed by atoms with E-state index in [-0.39, 0.29) is 17.9 Å². The Hall–Kier alpha value is -2.36. The fraction of sp³-hybridized carbons (Fsp3) is 0.333. The summed E-state index contributed by atoms with van der Waals surface area (Å²) in [5.41, 5.74) is 1.47. The van der Waals surface area contributed by atoms with Gasteiger partial charge < -0.3 is 0 Å². The van der Waals surface area contributed by atoms with E-state index in [2.05, 4.69) is 6.08 Å². The third-order valence-electron chi connectivity index (χ3n) is 4.05. The molecule has 0 spiro atoms. The second-order valence-corrected chi connectivity index (χ2v) is 5.96. The highest BCUT2D eigenvalue weighted by molar-refractivity contribution is 6.22. The monoisotopic (exact) mass is 296 g/mol. The van der Waals surface area contributed by atoms with Crippen molar-refractivity contribution in [3.8, 4) is 0 Å². The summed E-state index contributed by atoms with van der Waals surface area (Å²) in [5, 5.41) is 0. The van der Waals surface area contributed by atoms with Gasteiger partial charge in [-0.25, -0.2) is 9.69 Å². The van der Waals surface area contributed by atoms with Gasteiger partial charge in [0.25, 0.3) is 5.91 Å². The zero-order valence-corrected chi connectivity index (χ0v) is 12.9. The number of imide groups is 1. The Kier molecular flexibility index (Phi) is 3.84. The van der Waals surface area contributed by atoms with E-state index in [0.717, 1.165) is 18.5 Å². The molecular formula is C18H20N2O2. The van der Waals surface area contributed by atoms with Crippen LogP contribution in [0.1, 0.15) is 26.7 Å². The number of allylic oxidation sites excluding steroid dienone is 3. The number of carbonyl (C=O) groups is 2. The van der Waals surface area contributed by atoms with Gasteiger partial charge in [-0.2, -0.15) is 0 Å². The molecule has 4 heteroatoms. The molecule has 1 saturated heterocycles. The molecule has 3 amide bonds. The van der Waals surface area contributed by atoms with Crippen LogP contribution in [0.25, 0.3) is 0 Å². The van der Waals surface area contributed by atoms with Gasteiger partial charge in [-0.1, -0.05) is 44.2 Å². The van der Waals surface area contributed by atoms with Gasteiger partial charge in [0.1, 0.15) is 6.04 Å². The van der Waals surface area contributed by atoms with Crippen LogP contribution >= 0.6 is 0 Å². The summed E-state index contributed by atoms with van der Waals surface area (Å²) in [6.45, 7) is 3.95. The lowest BCUT2D eigenvalue weighted by Crippen LogP contribution is -2.38. The third-order valence-corrected chi connectivity index (χ3v) is 4.05. The summed E-state index contributed by atoms with van der Waals surface area (Å²) in [5.74, 6) is -0.0903. The van der Waals surface area contributed by atoms with E-state index in [1.165, 1.54) is 4.90 Å². The molecule has 0 bridgehead atoms. The number of para-hydroxylation sites is 1. The Balaban J connectivity index is 2.02. The van der Waals surface area contributed by atoms with E-state index in [1.807, 2.05) is 44.2 Å². The molecule has 1 aromatic rings. The van der Waals surface area contributed by atoms with E-state index in [1.54, 1.807) is 17.0 Å². The summed E-state index contributed by atoms with van der Waals surface area (Å²) in [7, 11) is 0. The van der Waals surface area contributed by atoms with Crippen LogP contribution < -0.4 is 4.90 Å². The third kappa shape index (κ3) is 2.34. The number of benzene rings is 1. The first-order valence-electron chi connectivity index (χ1n) is 7.70. The standard InChI is InChI=1S/C18H20N2O2/c1-13(2)16-17(21)20(15-11-7-4-8-12-15)18(22)19(16)14-9-5-3-6-10-14/h4-5,7-13,16H,3,6H2,1-2H3. The van der Waals surface area contributed by atoms with Gasteiger partial charge in [0.2, 0.25) is 0 Å². The lowest BCUT2D eigenvalue weighted by molar-refractivity contribution is -0.120. The zero-order valence-electron chi connectivity index (χ0n) is 12.9. The van der Waals surface area contributed by atoms with Crippen LogP contribution in [0.4, 0.5) is 10.5 Å². The van der Waals surface area contributed by atoms with E-state index in [0.29, 0.717) is 5.69 Å². The number of urea groups is 1. The average molecular weight is 296 g/mol. The van der Waals surface area contributed by atoms with Crippen LogP contribution in [0, 0.1) is 5.92 Å². The summed E-state index contributed by atoms with van der Waals surface area (Å²) in [4.78, 5) is 28.7. The lowest BCUT2D eigenvalue weighted by Gasteiger charge is -2.26. The average Bonchev–Trinajstić information content (AvgIpc) is 2.80. The molecule has 22 heavy (non-hydrogen) atoms. The fourth-order valence-electron chi connectivity index (χ4n) is 3.01. The van der Waals surface area contributed by atoms with Gasteiger partial charge in [0, 0.05) is 5.70 Å². The topological polar surface area (TPSA) is 40.6 Å². The Morgan fingerprint density at radius 3 is 2.41 bits per heavy atom. The van der Waals surface area contributed by atoms with Crippen molar-refractivity contribution in [2.75, 3.05) is 4.90 Å². The molecule has 0 saturated carbocycles. The molecule has 3 rings (SSSR count). The molecule has 114 valence electrons. The Morgan fingerprint density at radius 1 is 1.09 bits per heavy atom. The molecular weight excluding hydrogens is 276 g/mol. The molecule has 0 N–H and O–H groups in total. The molecule has 1 unspecified atom stereocenters. The largest absolute Gasteiger partial charge is 0.336 e. The number of hydrogen-bond acceptors (Lipinski definition) is 2. The predicted octanol–water partition coefficient (Wildman–Crippen LogP) is 3.71. The van der Waals surface area contributed by atoms with Gasteiger partial charge in [0.15, 0.2) is 0 Å². The molecule has 1 atom stereocenters. The number of rotatable bonds is 3.